The lowest BCUT2D eigenvalue weighted by Crippen LogP contribution is -2.47. The fraction of sp³-hybridized carbons (Fsp3) is 0.722. The number of hydrogen-bond donors (Lipinski definition) is 0. The zero-order valence-electron chi connectivity index (χ0n) is 14.7. The Morgan fingerprint density at radius 2 is 2.12 bits per heavy atom. The Hall–Kier alpha value is -0.950. The topological polar surface area (TPSA) is 42.0 Å². The molecule has 2 saturated heterocycles. The van der Waals surface area contributed by atoms with E-state index in [2.05, 4.69) is 4.90 Å². The van der Waals surface area contributed by atoms with Gasteiger partial charge in [0.1, 0.15) is 0 Å². The van der Waals surface area contributed by atoms with Crippen molar-refractivity contribution in [2.45, 2.75) is 12.8 Å². The average Bonchev–Trinajstić information content (AvgIpc) is 3.23. The van der Waals surface area contributed by atoms with Crippen LogP contribution in [0.25, 0.3) is 0 Å². The van der Waals surface area contributed by atoms with Crippen LogP contribution in [0.5, 0.6) is 0 Å². The van der Waals surface area contributed by atoms with E-state index < -0.39 is 0 Å². The number of hydrogen-bond acceptors (Lipinski definition) is 5. The summed E-state index contributed by atoms with van der Waals surface area (Å²) >= 11 is 1.58. The van der Waals surface area contributed by atoms with E-state index in [4.69, 9.17) is 9.47 Å². The van der Waals surface area contributed by atoms with Crippen molar-refractivity contribution in [1.82, 2.24) is 9.80 Å². The van der Waals surface area contributed by atoms with Gasteiger partial charge in [-0.05, 0) is 29.7 Å². The molecule has 2 fully saturated rings. The molecule has 24 heavy (non-hydrogen) atoms. The molecule has 2 aliphatic heterocycles. The minimum atomic E-state index is 0.184. The zero-order chi connectivity index (χ0) is 17.0. The van der Waals surface area contributed by atoms with Crippen molar-refractivity contribution in [3.8, 4) is 0 Å². The Morgan fingerprint density at radius 1 is 1.33 bits per heavy atom. The number of likely N-dealkylation sites (tertiary alicyclic amines) is 2. The fourth-order valence-electron chi connectivity index (χ4n) is 4.26. The molecule has 0 saturated carbocycles. The van der Waals surface area contributed by atoms with E-state index in [-0.39, 0.29) is 11.3 Å². The largest absolute Gasteiger partial charge is 0.384 e. The highest BCUT2D eigenvalue weighted by Gasteiger charge is 2.48. The Kier molecular flexibility index (Phi) is 5.92. The van der Waals surface area contributed by atoms with Crippen molar-refractivity contribution < 1.29 is 14.3 Å². The van der Waals surface area contributed by atoms with E-state index in [0.29, 0.717) is 5.92 Å². The Morgan fingerprint density at radius 3 is 2.75 bits per heavy atom. The summed E-state index contributed by atoms with van der Waals surface area (Å²) in [6.07, 6.45) is 2.14. The van der Waals surface area contributed by atoms with Crippen molar-refractivity contribution >= 4 is 17.2 Å². The maximum atomic E-state index is 12.6. The van der Waals surface area contributed by atoms with Gasteiger partial charge in [0.2, 0.25) is 0 Å². The molecule has 0 bridgehead atoms. The second kappa shape index (κ2) is 7.95. The molecular formula is C18H28N2O3S. The first-order valence-corrected chi connectivity index (χ1v) is 9.64. The molecule has 3 rings (SSSR count). The SMILES string of the molecule is COCCN1CC(COC)C2(CCN(C(=O)c3ccsc3)CC2)C1. The highest BCUT2D eigenvalue weighted by Crippen LogP contribution is 2.44. The van der Waals surface area contributed by atoms with Gasteiger partial charge in [-0.25, -0.2) is 0 Å². The van der Waals surface area contributed by atoms with Crippen LogP contribution in [0.1, 0.15) is 23.2 Å². The monoisotopic (exact) mass is 352 g/mol. The molecule has 1 atom stereocenters. The number of nitrogens with zero attached hydrogens (tertiary/aromatic N) is 2. The normalized spacial score (nSPS) is 23.9. The Labute approximate surface area is 148 Å². The van der Waals surface area contributed by atoms with Crippen LogP contribution >= 0.6 is 11.3 Å². The van der Waals surface area contributed by atoms with Gasteiger partial charge >= 0.3 is 0 Å². The van der Waals surface area contributed by atoms with Crippen LogP contribution in [-0.2, 0) is 9.47 Å². The van der Waals surface area contributed by atoms with Crippen molar-refractivity contribution in [3.63, 3.8) is 0 Å². The van der Waals surface area contributed by atoms with Gasteiger partial charge in [-0.2, -0.15) is 11.3 Å². The number of rotatable bonds is 6. The predicted molar refractivity (Wildman–Crippen MR) is 95.6 cm³/mol. The first-order valence-electron chi connectivity index (χ1n) is 8.70. The first kappa shape index (κ1) is 17.9. The Balaban J connectivity index is 1.62. The van der Waals surface area contributed by atoms with E-state index in [1.165, 1.54) is 0 Å². The molecule has 0 N–H and O–H groups in total. The molecule has 0 aromatic carbocycles. The number of carbonyl (C=O) groups is 1. The highest BCUT2D eigenvalue weighted by atomic mass is 32.1. The smallest absolute Gasteiger partial charge is 0.254 e. The predicted octanol–water partition coefficient (Wildman–Crippen LogP) is 2.20. The van der Waals surface area contributed by atoms with Crippen LogP contribution in [0.2, 0.25) is 0 Å². The maximum Gasteiger partial charge on any atom is 0.254 e. The third-order valence-electron chi connectivity index (χ3n) is 5.68. The van der Waals surface area contributed by atoms with Gasteiger partial charge in [-0.3, -0.25) is 4.79 Å². The minimum absolute atomic E-state index is 0.184. The van der Waals surface area contributed by atoms with Gasteiger partial charge in [-0.1, -0.05) is 0 Å². The number of carbonyl (C=O) groups excluding carboxylic acids is 1. The maximum absolute atomic E-state index is 12.6. The molecule has 2 aliphatic rings. The van der Waals surface area contributed by atoms with Crippen LogP contribution in [0.15, 0.2) is 16.8 Å². The van der Waals surface area contributed by atoms with Gasteiger partial charge in [0.05, 0.1) is 18.8 Å². The average molecular weight is 353 g/mol. The number of ether oxygens (including phenoxy) is 2. The molecular weight excluding hydrogens is 324 g/mol. The van der Waals surface area contributed by atoms with Gasteiger partial charge in [-0.15, -0.1) is 0 Å². The molecule has 0 radical (unpaired) electrons. The fourth-order valence-corrected chi connectivity index (χ4v) is 4.89. The summed E-state index contributed by atoms with van der Waals surface area (Å²) in [6, 6.07) is 1.92. The lowest BCUT2D eigenvalue weighted by molar-refractivity contribution is 0.0321. The van der Waals surface area contributed by atoms with E-state index in [1.807, 2.05) is 21.7 Å². The van der Waals surface area contributed by atoms with Crippen molar-refractivity contribution in [1.29, 1.82) is 0 Å². The van der Waals surface area contributed by atoms with E-state index in [1.54, 1.807) is 25.6 Å². The summed E-state index contributed by atoms with van der Waals surface area (Å²) in [5.74, 6) is 0.737. The molecule has 1 aromatic heterocycles. The third kappa shape index (κ3) is 3.67. The molecule has 5 nitrogen and oxygen atoms in total. The zero-order valence-corrected chi connectivity index (χ0v) is 15.5. The summed E-state index contributed by atoms with van der Waals surface area (Å²) in [6.45, 7) is 6.46. The molecule has 1 aromatic rings. The summed E-state index contributed by atoms with van der Waals surface area (Å²) in [4.78, 5) is 17.1. The second-order valence-corrected chi connectivity index (χ2v) is 7.83. The summed E-state index contributed by atoms with van der Waals surface area (Å²) in [5, 5.41) is 3.92. The molecule has 134 valence electrons. The lowest BCUT2D eigenvalue weighted by Gasteiger charge is -2.42. The quantitative estimate of drug-likeness (QED) is 0.787. The van der Waals surface area contributed by atoms with Crippen molar-refractivity contribution in [3.05, 3.63) is 22.4 Å². The van der Waals surface area contributed by atoms with Crippen LogP contribution in [-0.4, -0.2) is 75.9 Å². The molecule has 6 heteroatoms. The first-order chi connectivity index (χ1) is 11.7. The number of thiophene rings is 1. The van der Waals surface area contributed by atoms with Crippen LogP contribution in [0, 0.1) is 11.3 Å². The van der Waals surface area contributed by atoms with E-state index in [0.717, 1.165) is 64.3 Å². The summed E-state index contributed by atoms with van der Waals surface area (Å²) in [7, 11) is 3.55. The van der Waals surface area contributed by atoms with Gasteiger partial charge in [0.15, 0.2) is 0 Å². The minimum Gasteiger partial charge on any atom is -0.384 e. The van der Waals surface area contributed by atoms with Crippen molar-refractivity contribution in [2.24, 2.45) is 11.3 Å². The lowest BCUT2D eigenvalue weighted by atomic mass is 9.71. The van der Waals surface area contributed by atoms with Crippen LogP contribution in [0.3, 0.4) is 0 Å². The molecule has 3 heterocycles. The molecule has 1 unspecified atom stereocenters. The van der Waals surface area contributed by atoms with Gasteiger partial charge in [0.25, 0.3) is 5.91 Å². The van der Waals surface area contributed by atoms with E-state index in [9.17, 15) is 4.79 Å². The van der Waals surface area contributed by atoms with Crippen molar-refractivity contribution in [2.75, 3.05) is 60.2 Å². The summed E-state index contributed by atoms with van der Waals surface area (Å²) < 4.78 is 10.7. The number of methoxy groups -OCH3 is 2. The standard InChI is InChI=1S/C18H28N2O3S/c1-22-9-8-19-11-16(12-23-2)18(14-19)4-6-20(7-5-18)17(21)15-3-10-24-13-15/h3,10,13,16H,4-9,11-12,14H2,1-2H3. The second-order valence-electron chi connectivity index (χ2n) is 7.05. The molecule has 0 aliphatic carbocycles. The van der Waals surface area contributed by atoms with E-state index >= 15 is 0 Å². The number of piperidine rings is 1. The molecule has 1 spiro atoms. The molecule has 1 amide bonds. The Bertz CT molecular complexity index is 526. The number of amides is 1. The summed E-state index contributed by atoms with van der Waals surface area (Å²) in [5.41, 5.74) is 1.12. The van der Waals surface area contributed by atoms with Crippen LogP contribution < -0.4 is 0 Å². The van der Waals surface area contributed by atoms with Crippen LogP contribution in [0.4, 0.5) is 0 Å². The van der Waals surface area contributed by atoms with Gasteiger partial charge < -0.3 is 19.3 Å². The van der Waals surface area contributed by atoms with Gasteiger partial charge in [0, 0.05) is 58.2 Å². The highest BCUT2D eigenvalue weighted by molar-refractivity contribution is 7.08. The third-order valence-corrected chi connectivity index (χ3v) is 6.36.